The van der Waals surface area contributed by atoms with Gasteiger partial charge in [0, 0.05) is 36.0 Å². The molecule has 4 nitrogen and oxygen atoms in total. The van der Waals surface area contributed by atoms with Crippen LogP contribution in [0.5, 0.6) is 0 Å². The Morgan fingerprint density at radius 3 is 2.61 bits per heavy atom. The van der Waals surface area contributed by atoms with Crippen molar-refractivity contribution in [3.05, 3.63) is 48.3 Å². The van der Waals surface area contributed by atoms with E-state index >= 15 is 0 Å². The molecule has 0 spiro atoms. The molecule has 3 aromatic rings. The van der Waals surface area contributed by atoms with Crippen molar-refractivity contribution in [1.82, 2.24) is 9.88 Å². The van der Waals surface area contributed by atoms with Gasteiger partial charge >= 0.3 is 0 Å². The monoisotopic (exact) mass is 433 g/mol. The summed E-state index contributed by atoms with van der Waals surface area (Å²) in [6.45, 7) is 2.99. The number of thioether (sulfide) groups is 2. The summed E-state index contributed by atoms with van der Waals surface area (Å²) in [5, 5.41) is 1.03. The summed E-state index contributed by atoms with van der Waals surface area (Å²) in [5.74, 6) is 0.248. The van der Waals surface area contributed by atoms with Crippen molar-refractivity contribution in [2.75, 3.05) is 43.1 Å². The van der Waals surface area contributed by atoms with E-state index in [1.165, 1.54) is 33.5 Å². The predicted molar refractivity (Wildman–Crippen MR) is 117 cm³/mol. The first-order valence-corrected chi connectivity index (χ1v) is 12.0. The highest BCUT2D eigenvalue weighted by molar-refractivity contribution is 8.00. The lowest BCUT2D eigenvalue weighted by atomic mass is 10.3. The highest BCUT2D eigenvalue weighted by Crippen LogP contribution is 2.34. The van der Waals surface area contributed by atoms with E-state index in [1.54, 1.807) is 35.2 Å². The number of halogens is 1. The van der Waals surface area contributed by atoms with Crippen molar-refractivity contribution < 1.29 is 9.18 Å². The van der Waals surface area contributed by atoms with E-state index in [-0.39, 0.29) is 11.7 Å². The van der Waals surface area contributed by atoms with Gasteiger partial charge in [-0.1, -0.05) is 17.4 Å². The number of aromatic nitrogens is 1. The highest BCUT2D eigenvalue weighted by Gasteiger charge is 2.23. The standard InChI is InChI=1S/C20H20FN3OS3/c1-26-16-3-2-4-17-19(16)22-20(28-17)24-11-9-23(10-12-24)18(25)13-27-15-7-5-14(21)6-8-15/h2-8H,9-13H2,1H3. The molecule has 1 aromatic heterocycles. The van der Waals surface area contributed by atoms with Crippen LogP contribution in [0.25, 0.3) is 10.2 Å². The summed E-state index contributed by atoms with van der Waals surface area (Å²) >= 11 is 4.88. The first kappa shape index (κ1) is 19.5. The van der Waals surface area contributed by atoms with Crippen LogP contribution >= 0.6 is 34.9 Å². The molecule has 0 N–H and O–H groups in total. The van der Waals surface area contributed by atoms with Crippen LogP contribution in [0.15, 0.2) is 52.3 Å². The summed E-state index contributed by atoms with van der Waals surface area (Å²) in [7, 11) is 0. The van der Waals surface area contributed by atoms with Crippen LogP contribution in [0.2, 0.25) is 0 Å². The number of rotatable bonds is 5. The Kier molecular flexibility index (Phi) is 6.08. The van der Waals surface area contributed by atoms with E-state index in [1.807, 2.05) is 4.90 Å². The van der Waals surface area contributed by atoms with Gasteiger partial charge in [-0.3, -0.25) is 4.79 Å². The molecule has 2 heterocycles. The van der Waals surface area contributed by atoms with Crippen LogP contribution in [-0.4, -0.2) is 54.0 Å². The smallest absolute Gasteiger partial charge is 0.233 e. The van der Waals surface area contributed by atoms with Crippen LogP contribution in [0.4, 0.5) is 9.52 Å². The Bertz CT molecular complexity index is 968. The number of hydrogen-bond acceptors (Lipinski definition) is 6. The van der Waals surface area contributed by atoms with Gasteiger partial charge < -0.3 is 9.80 Å². The normalized spacial score (nSPS) is 14.6. The van der Waals surface area contributed by atoms with Gasteiger partial charge in [-0.15, -0.1) is 23.5 Å². The SMILES string of the molecule is CSc1cccc2sc(N3CCN(C(=O)CSc4ccc(F)cc4)CC3)nc12. The number of carbonyl (C=O) groups is 1. The number of benzene rings is 2. The molecule has 4 rings (SSSR count). The zero-order valence-corrected chi connectivity index (χ0v) is 17.9. The molecule has 2 aromatic carbocycles. The van der Waals surface area contributed by atoms with E-state index in [9.17, 15) is 9.18 Å². The van der Waals surface area contributed by atoms with Gasteiger partial charge in [0.1, 0.15) is 5.82 Å². The van der Waals surface area contributed by atoms with Gasteiger partial charge in [-0.05, 0) is 42.7 Å². The van der Waals surface area contributed by atoms with E-state index in [0.717, 1.165) is 28.6 Å². The number of thiazole rings is 1. The molecular formula is C20H20FN3OS3. The molecule has 1 fully saturated rings. The minimum Gasteiger partial charge on any atom is -0.345 e. The second kappa shape index (κ2) is 8.71. The number of hydrogen-bond donors (Lipinski definition) is 0. The third-order valence-corrected chi connectivity index (χ3v) is 7.52. The van der Waals surface area contributed by atoms with Gasteiger partial charge in [0.05, 0.1) is 16.0 Å². The van der Waals surface area contributed by atoms with Crippen molar-refractivity contribution in [1.29, 1.82) is 0 Å². The number of fused-ring (bicyclic) bond motifs is 1. The maximum Gasteiger partial charge on any atom is 0.233 e. The molecule has 1 aliphatic heterocycles. The molecular weight excluding hydrogens is 413 g/mol. The number of anilines is 1. The Morgan fingerprint density at radius 2 is 1.89 bits per heavy atom. The molecule has 146 valence electrons. The average Bonchev–Trinajstić information content (AvgIpc) is 3.17. The number of carbonyl (C=O) groups excluding carboxylic acids is 1. The first-order chi connectivity index (χ1) is 13.6. The fraction of sp³-hybridized carbons (Fsp3) is 0.300. The van der Waals surface area contributed by atoms with Gasteiger partial charge in [0.25, 0.3) is 0 Å². The lowest BCUT2D eigenvalue weighted by molar-refractivity contribution is -0.128. The predicted octanol–water partition coefficient (Wildman–Crippen LogP) is 4.60. The summed E-state index contributed by atoms with van der Waals surface area (Å²) < 4.78 is 14.2. The van der Waals surface area contributed by atoms with Crippen molar-refractivity contribution in [2.24, 2.45) is 0 Å². The molecule has 8 heteroatoms. The minimum atomic E-state index is -0.258. The maximum absolute atomic E-state index is 13.0. The lowest BCUT2D eigenvalue weighted by Gasteiger charge is -2.34. The second-order valence-corrected chi connectivity index (χ2v) is 9.32. The Morgan fingerprint density at radius 1 is 1.14 bits per heavy atom. The van der Waals surface area contributed by atoms with E-state index < -0.39 is 0 Å². The fourth-order valence-corrected chi connectivity index (χ4v) is 5.60. The van der Waals surface area contributed by atoms with E-state index in [0.29, 0.717) is 18.8 Å². The molecule has 1 aliphatic rings. The van der Waals surface area contributed by atoms with Crippen LogP contribution in [0.1, 0.15) is 0 Å². The number of nitrogens with zero attached hydrogens (tertiary/aromatic N) is 3. The minimum absolute atomic E-state index is 0.128. The molecule has 0 aliphatic carbocycles. The molecule has 0 atom stereocenters. The maximum atomic E-state index is 13.0. The number of amides is 1. The topological polar surface area (TPSA) is 36.4 Å². The largest absolute Gasteiger partial charge is 0.345 e. The number of piperazine rings is 1. The zero-order valence-electron chi connectivity index (χ0n) is 15.4. The van der Waals surface area contributed by atoms with Crippen molar-refractivity contribution in [2.45, 2.75) is 9.79 Å². The third-order valence-electron chi connectivity index (χ3n) is 4.67. The number of para-hydroxylation sites is 1. The third kappa shape index (κ3) is 4.29. The summed E-state index contributed by atoms with van der Waals surface area (Å²) in [6, 6.07) is 12.6. The molecule has 0 bridgehead atoms. The second-order valence-electron chi connectivity index (χ2n) is 6.41. The lowest BCUT2D eigenvalue weighted by Crippen LogP contribution is -2.49. The van der Waals surface area contributed by atoms with Crippen LogP contribution in [0.3, 0.4) is 0 Å². The summed E-state index contributed by atoms with van der Waals surface area (Å²) in [4.78, 5) is 23.6. The van der Waals surface area contributed by atoms with Crippen molar-refractivity contribution >= 4 is 56.1 Å². The quantitative estimate of drug-likeness (QED) is 0.550. The molecule has 0 saturated carbocycles. The van der Waals surface area contributed by atoms with Crippen LogP contribution < -0.4 is 4.90 Å². The van der Waals surface area contributed by atoms with Crippen LogP contribution in [0, 0.1) is 5.82 Å². The van der Waals surface area contributed by atoms with Crippen molar-refractivity contribution in [3.63, 3.8) is 0 Å². The van der Waals surface area contributed by atoms with Gasteiger partial charge in [0.15, 0.2) is 5.13 Å². The Labute approximate surface area is 176 Å². The van der Waals surface area contributed by atoms with Gasteiger partial charge in [-0.2, -0.15) is 0 Å². The molecule has 28 heavy (non-hydrogen) atoms. The first-order valence-electron chi connectivity index (χ1n) is 8.98. The van der Waals surface area contributed by atoms with Gasteiger partial charge in [0.2, 0.25) is 5.91 Å². The highest BCUT2D eigenvalue weighted by atomic mass is 32.2. The van der Waals surface area contributed by atoms with Gasteiger partial charge in [-0.25, -0.2) is 9.37 Å². The molecule has 0 radical (unpaired) electrons. The summed E-state index contributed by atoms with van der Waals surface area (Å²) in [5.41, 5.74) is 1.07. The average molecular weight is 434 g/mol. The fourth-order valence-electron chi connectivity index (χ4n) is 3.13. The van der Waals surface area contributed by atoms with E-state index in [4.69, 9.17) is 4.98 Å². The zero-order chi connectivity index (χ0) is 19.5. The van der Waals surface area contributed by atoms with Crippen LogP contribution in [-0.2, 0) is 4.79 Å². The molecule has 1 amide bonds. The summed E-state index contributed by atoms with van der Waals surface area (Å²) in [6.07, 6.45) is 2.07. The molecule has 0 unspecified atom stereocenters. The van der Waals surface area contributed by atoms with Crippen molar-refractivity contribution in [3.8, 4) is 0 Å². The Balaban J connectivity index is 1.34. The Hall–Kier alpha value is -1.77. The molecule has 1 saturated heterocycles. The van der Waals surface area contributed by atoms with E-state index in [2.05, 4.69) is 29.4 Å².